The van der Waals surface area contributed by atoms with E-state index in [0.717, 1.165) is 18.2 Å². The molecular formula is C9H5F6NO3S. The van der Waals surface area contributed by atoms with Crippen LogP contribution in [0.4, 0.5) is 26.3 Å². The lowest BCUT2D eigenvalue weighted by Gasteiger charge is -2.09. The van der Waals surface area contributed by atoms with Crippen molar-refractivity contribution in [3.8, 4) is 0 Å². The first-order valence-electron chi connectivity index (χ1n) is 4.64. The third-order valence-corrected chi connectivity index (χ3v) is 2.73. The van der Waals surface area contributed by atoms with Crippen molar-refractivity contribution >= 4 is 16.3 Å². The average molecular weight is 321 g/mol. The Morgan fingerprint density at radius 1 is 1.05 bits per heavy atom. The van der Waals surface area contributed by atoms with Gasteiger partial charge >= 0.3 is 21.8 Å². The van der Waals surface area contributed by atoms with Gasteiger partial charge in [-0.15, -0.1) is 0 Å². The van der Waals surface area contributed by atoms with Gasteiger partial charge in [-0.3, -0.25) is 4.28 Å². The molecule has 0 unspecified atom stereocenters. The zero-order valence-corrected chi connectivity index (χ0v) is 10.1. The molecule has 0 aliphatic rings. The molecule has 0 aliphatic carbocycles. The summed E-state index contributed by atoms with van der Waals surface area (Å²) in [6.45, 7) is 0. The molecule has 0 atom stereocenters. The maximum atomic E-state index is 12.5. The van der Waals surface area contributed by atoms with Crippen molar-refractivity contribution in [2.75, 3.05) is 0 Å². The Morgan fingerprint density at radius 3 is 2.10 bits per heavy atom. The molecular weight excluding hydrogens is 316 g/mol. The van der Waals surface area contributed by atoms with Gasteiger partial charge in [0.1, 0.15) is 0 Å². The second kappa shape index (κ2) is 5.31. The van der Waals surface area contributed by atoms with Crippen LogP contribution in [-0.2, 0) is 20.6 Å². The summed E-state index contributed by atoms with van der Waals surface area (Å²) in [5.74, 6) is 0. The first-order chi connectivity index (χ1) is 8.95. The molecule has 0 saturated heterocycles. The Kier molecular flexibility index (Phi) is 4.32. The predicted molar refractivity (Wildman–Crippen MR) is 55.1 cm³/mol. The van der Waals surface area contributed by atoms with Crippen LogP contribution in [0.3, 0.4) is 0 Å². The van der Waals surface area contributed by atoms with Crippen molar-refractivity contribution in [2.24, 2.45) is 5.16 Å². The minimum Gasteiger partial charge on any atom is -0.262 e. The summed E-state index contributed by atoms with van der Waals surface area (Å²) in [5.41, 5.74) is -7.55. The van der Waals surface area contributed by atoms with E-state index in [0.29, 0.717) is 6.07 Å². The molecule has 1 aromatic carbocycles. The van der Waals surface area contributed by atoms with Crippen LogP contribution in [0.5, 0.6) is 0 Å². The monoisotopic (exact) mass is 321 g/mol. The van der Waals surface area contributed by atoms with E-state index in [4.69, 9.17) is 0 Å². The molecule has 1 rings (SSSR count). The van der Waals surface area contributed by atoms with Gasteiger partial charge in [-0.2, -0.15) is 34.8 Å². The topological polar surface area (TPSA) is 55.7 Å². The molecule has 0 heterocycles. The van der Waals surface area contributed by atoms with Crippen molar-refractivity contribution < 1.29 is 39.0 Å². The second-order valence-electron chi connectivity index (χ2n) is 3.29. The summed E-state index contributed by atoms with van der Waals surface area (Å²) in [6, 6.07) is 3.75. The van der Waals surface area contributed by atoms with E-state index >= 15 is 0 Å². The lowest BCUT2D eigenvalue weighted by Crippen LogP contribution is -2.23. The number of hydrogen-bond donors (Lipinski definition) is 0. The van der Waals surface area contributed by atoms with Gasteiger partial charge in [-0.05, 0) is 6.07 Å². The van der Waals surface area contributed by atoms with Crippen LogP contribution in [-0.4, -0.2) is 20.1 Å². The van der Waals surface area contributed by atoms with Gasteiger partial charge in [0, 0.05) is 5.56 Å². The van der Waals surface area contributed by atoms with Crippen molar-refractivity contribution in [1.82, 2.24) is 0 Å². The van der Waals surface area contributed by atoms with Gasteiger partial charge in [0.05, 0.1) is 11.8 Å². The fourth-order valence-electron chi connectivity index (χ4n) is 1.04. The zero-order chi connectivity index (χ0) is 15.6. The first-order valence-corrected chi connectivity index (χ1v) is 6.05. The Morgan fingerprint density at radius 2 is 1.60 bits per heavy atom. The molecule has 4 nitrogen and oxygen atoms in total. The minimum absolute atomic E-state index is 0.228. The Hall–Kier alpha value is -1.78. The molecule has 112 valence electrons. The number of halogens is 6. The molecule has 1 aromatic rings. The number of benzene rings is 1. The number of rotatable bonds is 3. The zero-order valence-electron chi connectivity index (χ0n) is 9.23. The number of hydrogen-bond acceptors (Lipinski definition) is 4. The highest BCUT2D eigenvalue weighted by Crippen LogP contribution is 2.31. The Bertz CT molecular complexity index is 605. The van der Waals surface area contributed by atoms with Crippen LogP contribution in [0, 0.1) is 0 Å². The van der Waals surface area contributed by atoms with E-state index in [1.165, 1.54) is 0 Å². The Labute approximate surface area is 108 Å². The Balaban J connectivity index is 2.99. The normalized spacial score (nSPS) is 13.7. The molecule has 0 fully saturated rings. The molecule has 11 heteroatoms. The molecule has 0 aliphatic heterocycles. The predicted octanol–water partition coefficient (Wildman–Crippen LogP) is 2.91. The van der Waals surface area contributed by atoms with Crippen molar-refractivity contribution in [3.63, 3.8) is 0 Å². The quantitative estimate of drug-likeness (QED) is 0.372. The molecule has 0 radical (unpaired) electrons. The molecule has 0 bridgehead atoms. The summed E-state index contributed by atoms with van der Waals surface area (Å²) >= 11 is 0. The molecule has 0 spiro atoms. The third kappa shape index (κ3) is 3.85. The summed E-state index contributed by atoms with van der Waals surface area (Å²) in [4.78, 5) is 0. The summed E-state index contributed by atoms with van der Waals surface area (Å²) in [6.07, 6.45) is -4.54. The van der Waals surface area contributed by atoms with E-state index in [9.17, 15) is 34.8 Å². The van der Waals surface area contributed by atoms with Crippen molar-refractivity contribution in [1.29, 1.82) is 0 Å². The fourth-order valence-corrected chi connectivity index (χ4v) is 1.29. The summed E-state index contributed by atoms with van der Waals surface area (Å²) in [7, 11) is -6.00. The van der Waals surface area contributed by atoms with Crippen LogP contribution in [0.1, 0.15) is 11.1 Å². The van der Waals surface area contributed by atoms with Crippen LogP contribution in [0.15, 0.2) is 29.4 Å². The van der Waals surface area contributed by atoms with Gasteiger partial charge < -0.3 is 0 Å². The third-order valence-electron chi connectivity index (χ3n) is 1.88. The van der Waals surface area contributed by atoms with Gasteiger partial charge in [-0.1, -0.05) is 23.4 Å². The highest BCUT2D eigenvalue weighted by molar-refractivity contribution is 7.87. The van der Waals surface area contributed by atoms with Crippen LogP contribution in [0.2, 0.25) is 0 Å². The number of oxime groups is 1. The highest BCUT2D eigenvalue weighted by Gasteiger charge is 2.49. The van der Waals surface area contributed by atoms with E-state index in [1.807, 2.05) is 0 Å². The maximum absolute atomic E-state index is 12.5. The summed E-state index contributed by atoms with van der Waals surface area (Å²) < 4.78 is 97.2. The maximum Gasteiger partial charge on any atom is 0.536 e. The molecule has 0 N–H and O–H groups in total. The number of nitrogens with zero attached hydrogens (tertiary/aromatic N) is 1. The van der Waals surface area contributed by atoms with E-state index in [-0.39, 0.29) is 6.21 Å². The molecule has 0 amide bonds. The average Bonchev–Trinajstić information content (AvgIpc) is 2.26. The number of alkyl halides is 6. The fraction of sp³-hybridized carbons (Fsp3) is 0.222. The van der Waals surface area contributed by atoms with Gasteiger partial charge in [0.25, 0.3) is 0 Å². The SMILES string of the molecule is O=S(=O)(ON=Cc1ccccc1C(F)(F)F)C(F)(F)F. The van der Waals surface area contributed by atoms with Crippen LogP contribution in [0.25, 0.3) is 0 Å². The molecule has 0 saturated carbocycles. The van der Waals surface area contributed by atoms with E-state index in [2.05, 4.69) is 9.44 Å². The lowest BCUT2D eigenvalue weighted by atomic mass is 10.1. The largest absolute Gasteiger partial charge is 0.536 e. The van der Waals surface area contributed by atoms with E-state index in [1.54, 1.807) is 0 Å². The van der Waals surface area contributed by atoms with E-state index < -0.39 is 32.9 Å². The van der Waals surface area contributed by atoms with Crippen LogP contribution < -0.4 is 0 Å². The van der Waals surface area contributed by atoms with Crippen LogP contribution >= 0.6 is 0 Å². The van der Waals surface area contributed by atoms with Crippen molar-refractivity contribution in [2.45, 2.75) is 11.7 Å². The standard InChI is InChI=1S/C9H5F6NO3S/c10-8(11,12)7-4-2-1-3-6(7)5-16-19-20(17,18)9(13,14)15/h1-5H. The van der Waals surface area contributed by atoms with Crippen molar-refractivity contribution in [3.05, 3.63) is 35.4 Å². The lowest BCUT2D eigenvalue weighted by molar-refractivity contribution is -0.137. The summed E-state index contributed by atoms with van der Waals surface area (Å²) in [5, 5.41) is 2.42. The van der Waals surface area contributed by atoms with Gasteiger partial charge in [0.15, 0.2) is 0 Å². The smallest absolute Gasteiger partial charge is 0.262 e. The highest BCUT2D eigenvalue weighted by atomic mass is 32.2. The minimum atomic E-state index is -6.00. The van der Waals surface area contributed by atoms with Gasteiger partial charge in [0.2, 0.25) is 0 Å². The second-order valence-corrected chi connectivity index (χ2v) is 4.81. The van der Waals surface area contributed by atoms with Gasteiger partial charge in [-0.25, -0.2) is 0 Å². The molecule has 20 heavy (non-hydrogen) atoms. The first kappa shape index (κ1) is 16.3. The molecule has 0 aromatic heterocycles.